The Hall–Kier alpha value is -0.910. The Kier molecular flexibility index (Phi) is 3.81. The number of hydrogen-bond acceptors (Lipinski definition) is 4. The average molecular weight is 254 g/mol. The number of hydrogen-bond donors (Lipinski definition) is 2. The molecule has 4 nitrogen and oxygen atoms in total. The molecule has 3 N–H and O–H groups in total. The van der Waals surface area contributed by atoms with Crippen molar-refractivity contribution in [3.63, 3.8) is 0 Å². The number of thiophene rings is 1. The van der Waals surface area contributed by atoms with E-state index in [1.54, 1.807) is 16.7 Å². The van der Waals surface area contributed by atoms with Crippen LogP contribution in [0.2, 0.25) is 0 Å². The first-order valence-electron chi connectivity index (χ1n) is 5.81. The van der Waals surface area contributed by atoms with Crippen molar-refractivity contribution >= 4 is 17.2 Å². The predicted octanol–water partition coefficient (Wildman–Crippen LogP) is 1.51. The second kappa shape index (κ2) is 5.16. The van der Waals surface area contributed by atoms with E-state index in [-0.39, 0.29) is 11.5 Å². The average Bonchev–Trinajstić information content (AvgIpc) is 2.88. The van der Waals surface area contributed by atoms with Crippen molar-refractivity contribution in [2.45, 2.75) is 31.9 Å². The Bertz CT molecular complexity index is 397. The molecule has 2 heterocycles. The van der Waals surface area contributed by atoms with Gasteiger partial charge in [0.2, 0.25) is 5.91 Å². The fourth-order valence-corrected chi connectivity index (χ4v) is 2.87. The highest BCUT2D eigenvalue weighted by atomic mass is 32.1. The Morgan fingerprint density at radius 1 is 1.71 bits per heavy atom. The molecule has 0 bridgehead atoms. The number of nitrogens with one attached hydrogen (secondary N) is 1. The van der Waals surface area contributed by atoms with Crippen molar-refractivity contribution in [3.05, 3.63) is 21.9 Å². The van der Waals surface area contributed by atoms with Crippen molar-refractivity contribution in [2.75, 3.05) is 13.2 Å². The molecule has 1 aliphatic rings. The van der Waals surface area contributed by atoms with E-state index in [1.807, 2.05) is 6.07 Å². The number of nitrogens with two attached hydrogens (primary N) is 1. The van der Waals surface area contributed by atoms with Crippen LogP contribution in [-0.2, 0) is 11.3 Å². The zero-order chi connectivity index (χ0) is 12.3. The van der Waals surface area contributed by atoms with Crippen LogP contribution in [0.1, 0.15) is 35.0 Å². The molecule has 1 fully saturated rings. The highest BCUT2D eigenvalue weighted by molar-refractivity contribution is 7.10. The third kappa shape index (κ3) is 3.28. The van der Waals surface area contributed by atoms with Crippen LogP contribution < -0.4 is 11.1 Å². The van der Waals surface area contributed by atoms with Gasteiger partial charge in [0, 0.05) is 30.0 Å². The lowest BCUT2D eigenvalue weighted by atomic mass is 10.0. The molecule has 1 unspecified atom stereocenters. The van der Waals surface area contributed by atoms with Crippen LogP contribution >= 0.6 is 11.3 Å². The Labute approximate surface area is 105 Å². The van der Waals surface area contributed by atoms with Gasteiger partial charge in [0.25, 0.3) is 0 Å². The molecule has 1 aliphatic heterocycles. The van der Waals surface area contributed by atoms with Crippen LogP contribution in [0.15, 0.2) is 11.4 Å². The van der Waals surface area contributed by atoms with E-state index in [2.05, 4.69) is 12.2 Å². The minimum Gasteiger partial charge on any atom is -0.374 e. The van der Waals surface area contributed by atoms with Gasteiger partial charge in [-0.2, -0.15) is 0 Å². The molecule has 0 radical (unpaired) electrons. The summed E-state index contributed by atoms with van der Waals surface area (Å²) >= 11 is 1.56. The standard InChI is InChI=1S/C12H18N2O2S/c1-12(3-2-4-16-12)8-14-6-10-5-9(7-17-10)11(13)15/h5,7,14H,2-4,6,8H2,1H3,(H2,13,15). The largest absolute Gasteiger partial charge is 0.374 e. The summed E-state index contributed by atoms with van der Waals surface area (Å²) in [6, 6.07) is 1.85. The van der Waals surface area contributed by atoms with Crippen molar-refractivity contribution in [1.29, 1.82) is 0 Å². The maximum atomic E-state index is 10.9. The van der Waals surface area contributed by atoms with E-state index in [9.17, 15) is 4.79 Å². The summed E-state index contributed by atoms with van der Waals surface area (Å²) in [5.74, 6) is -0.362. The SMILES string of the molecule is CC1(CNCc2cc(C(N)=O)cs2)CCCO1. The third-order valence-corrected chi connectivity index (χ3v) is 3.97. The van der Waals surface area contributed by atoms with Gasteiger partial charge in [0.1, 0.15) is 0 Å². The van der Waals surface area contributed by atoms with E-state index in [4.69, 9.17) is 10.5 Å². The summed E-state index contributed by atoms with van der Waals surface area (Å²) in [7, 11) is 0. The highest BCUT2D eigenvalue weighted by Crippen LogP contribution is 2.24. The number of rotatable bonds is 5. The third-order valence-electron chi connectivity index (χ3n) is 3.04. The van der Waals surface area contributed by atoms with E-state index < -0.39 is 0 Å². The lowest BCUT2D eigenvalue weighted by Gasteiger charge is -2.23. The van der Waals surface area contributed by atoms with E-state index in [0.717, 1.165) is 37.4 Å². The molecule has 17 heavy (non-hydrogen) atoms. The van der Waals surface area contributed by atoms with Gasteiger partial charge in [-0.15, -0.1) is 11.3 Å². The summed E-state index contributed by atoms with van der Waals surface area (Å²) in [4.78, 5) is 12.1. The van der Waals surface area contributed by atoms with Crippen LogP contribution in [0.4, 0.5) is 0 Å². The van der Waals surface area contributed by atoms with Gasteiger partial charge in [-0.05, 0) is 25.8 Å². The first-order chi connectivity index (χ1) is 8.09. The van der Waals surface area contributed by atoms with Crippen LogP contribution in [0.25, 0.3) is 0 Å². The Morgan fingerprint density at radius 3 is 3.12 bits per heavy atom. The van der Waals surface area contributed by atoms with Gasteiger partial charge < -0.3 is 15.8 Å². The minimum atomic E-state index is -0.362. The molecule has 2 rings (SSSR count). The Balaban J connectivity index is 1.79. The lowest BCUT2D eigenvalue weighted by molar-refractivity contribution is 0.0207. The molecular weight excluding hydrogens is 236 g/mol. The summed E-state index contributed by atoms with van der Waals surface area (Å²) in [5.41, 5.74) is 5.77. The van der Waals surface area contributed by atoms with Crippen molar-refractivity contribution in [1.82, 2.24) is 5.32 Å². The van der Waals surface area contributed by atoms with Crippen LogP contribution in [-0.4, -0.2) is 24.7 Å². The van der Waals surface area contributed by atoms with Gasteiger partial charge in [0.15, 0.2) is 0 Å². The second-order valence-corrected chi connectivity index (χ2v) is 5.67. The maximum Gasteiger partial charge on any atom is 0.249 e. The van der Waals surface area contributed by atoms with Gasteiger partial charge in [-0.3, -0.25) is 4.79 Å². The molecule has 1 aromatic rings. The van der Waals surface area contributed by atoms with Crippen LogP contribution in [0.5, 0.6) is 0 Å². The second-order valence-electron chi connectivity index (χ2n) is 4.67. The number of carbonyl (C=O) groups is 1. The zero-order valence-corrected chi connectivity index (χ0v) is 10.8. The van der Waals surface area contributed by atoms with Gasteiger partial charge in [-0.25, -0.2) is 0 Å². The van der Waals surface area contributed by atoms with Gasteiger partial charge >= 0.3 is 0 Å². The number of primary amides is 1. The Morgan fingerprint density at radius 2 is 2.53 bits per heavy atom. The summed E-state index contributed by atoms with van der Waals surface area (Å²) in [6.07, 6.45) is 2.25. The molecule has 5 heteroatoms. The molecule has 1 amide bonds. The fourth-order valence-electron chi connectivity index (χ4n) is 2.03. The van der Waals surface area contributed by atoms with Crippen molar-refractivity contribution in [2.24, 2.45) is 5.73 Å². The summed E-state index contributed by atoms with van der Waals surface area (Å²) in [5, 5.41) is 5.17. The summed E-state index contributed by atoms with van der Waals surface area (Å²) in [6.45, 7) is 4.60. The zero-order valence-electron chi connectivity index (χ0n) is 9.99. The summed E-state index contributed by atoms with van der Waals surface area (Å²) < 4.78 is 5.69. The van der Waals surface area contributed by atoms with Crippen molar-refractivity contribution in [3.8, 4) is 0 Å². The van der Waals surface area contributed by atoms with E-state index in [0.29, 0.717) is 5.56 Å². The smallest absolute Gasteiger partial charge is 0.249 e. The van der Waals surface area contributed by atoms with Crippen LogP contribution in [0.3, 0.4) is 0 Å². The molecule has 94 valence electrons. The van der Waals surface area contributed by atoms with E-state index in [1.165, 1.54) is 0 Å². The number of ether oxygens (including phenoxy) is 1. The van der Waals surface area contributed by atoms with Crippen molar-refractivity contribution < 1.29 is 9.53 Å². The topological polar surface area (TPSA) is 64.3 Å². The molecule has 0 spiro atoms. The molecule has 1 atom stereocenters. The molecule has 0 saturated carbocycles. The molecular formula is C12H18N2O2S. The first-order valence-corrected chi connectivity index (χ1v) is 6.69. The monoisotopic (exact) mass is 254 g/mol. The van der Waals surface area contributed by atoms with Crippen LogP contribution in [0, 0.1) is 0 Å². The van der Waals surface area contributed by atoms with Gasteiger partial charge in [-0.1, -0.05) is 0 Å². The quantitative estimate of drug-likeness (QED) is 0.837. The molecule has 0 aromatic carbocycles. The minimum absolute atomic E-state index is 0.0240. The number of amides is 1. The molecule has 1 saturated heterocycles. The fraction of sp³-hybridized carbons (Fsp3) is 0.583. The number of carbonyl (C=O) groups excluding carboxylic acids is 1. The molecule has 1 aromatic heterocycles. The maximum absolute atomic E-state index is 10.9. The first kappa shape index (κ1) is 12.5. The van der Waals surface area contributed by atoms with E-state index >= 15 is 0 Å². The van der Waals surface area contributed by atoms with Gasteiger partial charge in [0.05, 0.1) is 11.2 Å². The predicted molar refractivity (Wildman–Crippen MR) is 68.1 cm³/mol. The highest BCUT2D eigenvalue weighted by Gasteiger charge is 2.28. The normalized spacial score (nSPS) is 24.1. The lowest BCUT2D eigenvalue weighted by Crippen LogP contribution is -2.36. The molecule has 0 aliphatic carbocycles.